The first-order chi connectivity index (χ1) is 9.63. The SMILES string of the molecule is CCCC(NC(=O)c1c(C)noc1C)c1ccccc1. The highest BCUT2D eigenvalue weighted by atomic mass is 16.5. The van der Waals surface area contributed by atoms with Gasteiger partial charge >= 0.3 is 0 Å². The Bertz CT molecular complexity index is 556. The number of hydrogen-bond donors (Lipinski definition) is 1. The monoisotopic (exact) mass is 272 g/mol. The third kappa shape index (κ3) is 3.07. The van der Waals surface area contributed by atoms with Gasteiger partial charge in [0.15, 0.2) is 0 Å². The van der Waals surface area contributed by atoms with Crippen LogP contribution in [0.2, 0.25) is 0 Å². The summed E-state index contributed by atoms with van der Waals surface area (Å²) >= 11 is 0. The molecule has 0 saturated carbocycles. The van der Waals surface area contributed by atoms with Gasteiger partial charge in [0.2, 0.25) is 0 Å². The minimum absolute atomic E-state index is 0.0161. The van der Waals surface area contributed by atoms with Gasteiger partial charge in [0.25, 0.3) is 5.91 Å². The van der Waals surface area contributed by atoms with Gasteiger partial charge in [-0.05, 0) is 25.8 Å². The second kappa shape index (κ2) is 6.37. The predicted molar refractivity (Wildman–Crippen MR) is 77.5 cm³/mol. The topological polar surface area (TPSA) is 55.1 Å². The van der Waals surface area contributed by atoms with E-state index in [-0.39, 0.29) is 11.9 Å². The number of nitrogens with zero attached hydrogens (tertiary/aromatic N) is 1. The Morgan fingerprint density at radius 2 is 2.00 bits per heavy atom. The van der Waals surface area contributed by atoms with Crippen molar-refractivity contribution >= 4 is 5.91 Å². The van der Waals surface area contributed by atoms with Gasteiger partial charge in [0.1, 0.15) is 11.3 Å². The van der Waals surface area contributed by atoms with Crippen molar-refractivity contribution < 1.29 is 9.32 Å². The number of benzene rings is 1. The van der Waals surface area contributed by atoms with Crippen molar-refractivity contribution in [1.29, 1.82) is 0 Å². The molecule has 0 spiro atoms. The van der Waals surface area contributed by atoms with Crippen molar-refractivity contribution in [2.45, 2.75) is 39.7 Å². The highest BCUT2D eigenvalue weighted by Crippen LogP contribution is 2.20. The molecule has 1 heterocycles. The van der Waals surface area contributed by atoms with Gasteiger partial charge in [-0.15, -0.1) is 0 Å². The lowest BCUT2D eigenvalue weighted by molar-refractivity contribution is 0.0932. The Labute approximate surface area is 119 Å². The molecular formula is C16H20N2O2. The fourth-order valence-corrected chi connectivity index (χ4v) is 2.33. The molecule has 1 atom stereocenters. The maximum absolute atomic E-state index is 12.4. The van der Waals surface area contributed by atoms with Gasteiger partial charge in [-0.1, -0.05) is 48.8 Å². The number of rotatable bonds is 5. The van der Waals surface area contributed by atoms with E-state index in [1.807, 2.05) is 30.3 Å². The van der Waals surface area contributed by atoms with Crippen molar-refractivity contribution in [3.8, 4) is 0 Å². The molecule has 4 heteroatoms. The van der Waals surface area contributed by atoms with Gasteiger partial charge in [-0.2, -0.15) is 0 Å². The second-order valence-electron chi connectivity index (χ2n) is 4.92. The molecule has 4 nitrogen and oxygen atoms in total. The van der Waals surface area contributed by atoms with Crippen LogP contribution in [0, 0.1) is 13.8 Å². The van der Waals surface area contributed by atoms with Gasteiger partial charge in [-0.3, -0.25) is 4.79 Å². The van der Waals surface area contributed by atoms with Gasteiger partial charge in [-0.25, -0.2) is 0 Å². The van der Waals surface area contributed by atoms with Crippen LogP contribution in [-0.2, 0) is 0 Å². The molecule has 1 aromatic heterocycles. The fourth-order valence-electron chi connectivity index (χ4n) is 2.33. The van der Waals surface area contributed by atoms with Crippen molar-refractivity contribution in [2.75, 3.05) is 0 Å². The zero-order valence-corrected chi connectivity index (χ0v) is 12.1. The smallest absolute Gasteiger partial charge is 0.257 e. The van der Waals surface area contributed by atoms with Crippen LogP contribution in [0.5, 0.6) is 0 Å². The fraction of sp³-hybridized carbons (Fsp3) is 0.375. The van der Waals surface area contributed by atoms with Gasteiger partial charge in [0.05, 0.1) is 11.7 Å². The molecule has 2 rings (SSSR count). The molecule has 2 aromatic rings. The molecular weight excluding hydrogens is 252 g/mol. The van der Waals surface area contributed by atoms with E-state index in [1.165, 1.54) is 0 Å². The summed E-state index contributed by atoms with van der Waals surface area (Å²) in [5, 5.41) is 6.91. The number of carbonyl (C=O) groups excluding carboxylic acids is 1. The number of nitrogens with one attached hydrogen (secondary N) is 1. The highest BCUT2D eigenvalue weighted by Gasteiger charge is 2.21. The second-order valence-corrected chi connectivity index (χ2v) is 4.92. The summed E-state index contributed by atoms with van der Waals surface area (Å²) in [5.41, 5.74) is 2.29. The molecule has 20 heavy (non-hydrogen) atoms. The number of carbonyl (C=O) groups is 1. The molecule has 0 fully saturated rings. The molecule has 1 amide bonds. The maximum atomic E-state index is 12.4. The summed E-state index contributed by atoms with van der Waals surface area (Å²) in [7, 11) is 0. The molecule has 0 aliphatic heterocycles. The summed E-state index contributed by atoms with van der Waals surface area (Å²) in [5.74, 6) is 0.437. The number of hydrogen-bond acceptors (Lipinski definition) is 3. The van der Waals surface area contributed by atoms with Crippen LogP contribution in [0.15, 0.2) is 34.9 Å². The molecule has 0 aliphatic rings. The van der Waals surface area contributed by atoms with E-state index >= 15 is 0 Å². The first-order valence-electron chi connectivity index (χ1n) is 6.92. The molecule has 0 saturated heterocycles. The summed E-state index contributed by atoms with van der Waals surface area (Å²) in [6.07, 6.45) is 1.90. The van der Waals surface area contributed by atoms with Crippen molar-refractivity contribution in [3.05, 3.63) is 52.9 Å². The summed E-state index contributed by atoms with van der Waals surface area (Å²) < 4.78 is 5.05. The first kappa shape index (κ1) is 14.3. The first-order valence-corrected chi connectivity index (χ1v) is 6.92. The lowest BCUT2D eigenvalue weighted by atomic mass is 10.0. The number of amides is 1. The molecule has 0 aliphatic carbocycles. The van der Waals surface area contributed by atoms with Crippen LogP contribution in [0.4, 0.5) is 0 Å². The molecule has 1 N–H and O–H groups in total. The predicted octanol–water partition coefficient (Wildman–Crippen LogP) is 3.56. The lowest BCUT2D eigenvalue weighted by Crippen LogP contribution is -2.29. The quantitative estimate of drug-likeness (QED) is 0.905. The number of aromatic nitrogens is 1. The molecule has 0 bridgehead atoms. The van der Waals surface area contributed by atoms with E-state index < -0.39 is 0 Å². The van der Waals surface area contributed by atoms with Crippen LogP contribution >= 0.6 is 0 Å². The third-order valence-corrected chi connectivity index (χ3v) is 3.35. The van der Waals surface area contributed by atoms with E-state index in [4.69, 9.17) is 4.52 Å². The van der Waals surface area contributed by atoms with Crippen molar-refractivity contribution in [1.82, 2.24) is 10.5 Å². The zero-order valence-electron chi connectivity index (χ0n) is 12.1. The van der Waals surface area contributed by atoms with E-state index in [0.717, 1.165) is 18.4 Å². The van der Waals surface area contributed by atoms with Gasteiger partial charge < -0.3 is 9.84 Å². The van der Waals surface area contributed by atoms with E-state index in [1.54, 1.807) is 13.8 Å². The Morgan fingerprint density at radius 1 is 1.30 bits per heavy atom. The average molecular weight is 272 g/mol. The van der Waals surface area contributed by atoms with E-state index in [2.05, 4.69) is 17.4 Å². The average Bonchev–Trinajstić information content (AvgIpc) is 2.78. The Morgan fingerprint density at radius 3 is 2.55 bits per heavy atom. The van der Waals surface area contributed by atoms with Crippen LogP contribution in [0.1, 0.15) is 53.2 Å². The van der Waals surface area contributed by atoms with E-state index in [0.29, 0.717) is 17.0 Å². The van der Waals surface area contributed by atoms with Crippen LogP contribution in [0.3, 0.4) is 0 Å². The molecule has 0 radical (unpaired) electrons. The molecule has 1 aromatic carbocycles. The van der Waals surface area contributed by atoms with Crippen LogP contribution in [0.25, 0.3) is 0 Å². The maximum Gasteiger partial charge on any atom is 0.257 e. The van der Waals surface area contributed by atoms with Crippen molar-refractivity contribution in [3.63, 3.8) is 0 Å². The normalized spacial score (nSPS) is 12.2. The Balaban J connectivity index is 2.19. The lowest BCUT2D eigenvalue weighted by Gasteiger charge is -2.18. The third-order valence-electron chi connectivity index (χ3n) is 3.35. The Hall–Kier alpha value is -2.10. The summed E-state index contributed by atoms with van der Waals surface area (Å²) in [4.78, 5) is 12.4. The Kier molecular flexibility index (Phi) is 4.56. The zero-order chi connectivity index (χ0) is 14.5. The number of aryl methyl sites for hydroxylation is 2. The minimum Gasteiger partial charge on any atom is -0.361 e. The summed E-state index contributed by atoms with van der Waals surface area (Å²) in [6, 6.07) is 10.0. The van der Waals surface area contributed by atoms with Crippen LogP contribution in [-0.4, -0.2) is 11.1 Å². The van der Waals surface area contributed by atoms with Gasteiger partial charge in [0, 0.05) is 0 Å². The summed E-state index contributed by atoms with van der Waals surface area (Å²) in [6.45, 7) is 5.65. The van der Waals surface area contributed by atoms with Crippen LogP contribution < -0.4 is 5.32 Å². The minimum atomic E-state index is -0.122. The highest BCUT2D eigenvalue weighted by molar-refractivity contribution is 5.96. The van der Waals surface area contributed by atoms with Crippen molar-refractivity contribution in [2.24, 2.45) is 0 Å². The largest absolute Gasteiger partial charge is 0.361 e. The molecule has 106 valence electrons. The molecule has 1 unspecified atom stereocenters. The standard InChI is InChI=1S/C16H20N2O2/c1-4-8-14(13-9-6-5-7-10-13)17-16(19)15-11(2)18-20-12(15)3/h5-7,9-10,14H,4,8H2,1-3H3,(H,17,19). The van der Waals surface area contributed by atoms with E-state index in [9.17, 15) is 4.79 Å².